The second kappa shape index (κ2) is 9.28. The first-order chi connectivity index (χ1) is 15.0. The second-order valence-corrected chi connectivity index (χ2v) is 8.42. The van der Waals surface area contributed by atoms with E-state index in [1.54, 1.807) is 24.3 Å². The molecule has 3 aromatic carbocycles. The molecule has 1 heterocycles. The Bertz CT molecular complexity index is 1110. The number of methoxy groups -OCH3 is 1. The monoisotopic (exact) mass is 503 g/mol. The van der Waals surface area contributed by atoms with Crippen molar-refractivity contribution in [3.8, 4) is 5.75 Å². The predicted molar refractivity (Wildman–Crippen MR) is 122 cm³/mol. The minimum atomic E-state index is -0.588. The van der Waals surface area contributed by atoms with Gasteiger partial charge in [0.25, 0.3) is 0 Å². The SMILES string of the molecule is COc1cc(Br)c(Cl)c2c1N(C(=O)OCc1ccccc1)C(c1ccccc1F)CC2. The van der Waals surface area contributed by atoms with E-state index >= 15 is 0 Å². The molecule has 4 rings (SSSR count). The van der Waals surface area contributed by atoms with Crippen LogP contribution in [0, 0.1) is 5.82 Å². The number of halogens is 3. The smallest absolute Gasteiger partial charge is 0.415 e. The van der Waals surface area contributed by atoms with Crippen LogP contribution >= 0.6 is 27.5 Å². The van der Waals surface area contributed by atoms with E-state index in [0.717, 1.165) is 11.1 Å². The highest BCUT2D eigenvalue weighted by Gasteiger charge is 2.38. The van der Waals surface area contributed by atoms with Gasteiger partial charge in [0.1, 0.15) is 18.2 Å². The fourth-order valence-corrected chi connectivity index (χ4v) is 4.59. The van der Waals surface area contributed by atoms with Crippen molar-refractivity contribution in [2.45, 2.75) is 25.5 Å². The standard InChI is InChI=1S/C24H20BrClFNO3/c1-30-21-13-18(25)22(26)17-11-12-20(16-9-5-6-10-19(16)27)28(23(17)21)24(29)31-14-15-7-3-2-4-8-15/h2-10,13,20H,11-12,14H2,1H3. The van der Waals surface area contributed by atoms with E-state index in [1.807, 2.05) is 30.3 Å². The number of anilines is 1. The average molecular weight is 505 g/mol. The van der Waals surface area contributed by atoms with Crippen LogP contribution in [0.1, 0.15) is 29.2 Å². The fraction of sp³-hybridized carbons (Fsp3) is 0.208. The van der Waals surface area contributed by atoms with Crippen LogP contribution in [0.2, 0.25) is 5.02 Å². The Kier molecular flexibility index (Phi) is 6.49. The molecule has 31 heavy (non-hydrogen) atoms. The molecule has 0 bridgehead atoms. The van der Waals surface area contributed by atoms with E-state index < -0.39 is 12.1 Å². The maximum absolute atomic E-state index is 14.7. The first kappa shape index (κ1) is 21.7. The van der Waals surface area contributed by atoms with E-state index in [-0.39, 0.29) is 12.4 Å². The maximum atomic E-state index is 14.7. The second-order valence-electron chi connectivity index (χ2n) is 7.19. The van der Waals surface area contributed by atoms with Crippen molar-refractivity contribution in [1.29, 1.82) is 0 Å². The topological polar surface area (TPSA) is 38.8 Å². The molecular weight excluding hydrogens is 485 g/mol. The summed E-state index contributed by atoms with van der Waals surface area (Å²) in [5.41, 5.74) is 2.55. The van der Waals surface area contributed by atoms with Crippen LogP contribution in [0.4, 0.5) is 14.9 Å². The summed E-state index contributed by atoms with van der Waals surface area (Å²) in [6.07, 6.45) is 0.466. The Labute approximate surface area is 193 Å². The summed E-state index contributed by atoms with van der Waals surface area (Å²) in [5, 5.41) is 0.503. The van der Waals surface area contributed by atoms with Crippen LogP contribution in [-0.4, -0.2) is 13.2 Å². The van der Waals surface area contributed by atoms with Gasteiger partial charge in [-0.05, 0) is 52.0 Å². The zero-order valence-electron chi connectivity index (χ0n) is 16.8. The number of rotatable bonds is 4. The summed E-state index contributed by atoms with van der Waals surface area (Å²) in [4.78, 5) is 14.8. The lowest BCUT2D eigenvalue weighted by Gasteiger charge is -2.38. The number of benzene rings is 3. The van der Waals surface area contributed by atoms with E-state index in [2.05, 4.69) is 15.9 Å². The molecule has 160 valence electrons. The van der Waals surface area contributed by atoms with Gasteiger partial charge in [-0.1, -0.05) is 60.1 Å². The average Bonchev–Trinajstić information content (AvgIpc) is 2.80. The lowest BCUT2D eigenvalue weighted by atomic mass is 9.91. The third kappa shape index (κ3) is 4.27. The van der Waals surface area contributed by atoms with Gasteiger partial charge < -0.3 is 9.47 Å². The Hall–Kier alpha value is -2.57. The Morgan fingerprint density at radius 1 is 1.19 bits per heavy atom. The van der Waals surface area contributed by atoms with Crippen molar-refractivity contribution in [2.75, 3.05) is 12.0 Å². The molecule has 1 unspecified atom stereocenters. The number of carbonyl (C=O) groups excluding carboxylic acids is 1. The zero-order chi connectivity index (χ0) is 22.0. The molecule has 1 aliphatic rings. The number of amides is 1. The van der Waals surface area contributed by atoms with E-state index in [9.17, 15) is 9.18 Å². The van der Waals surface area contributed by atoms with Gasteiger partial charge in [-0.3, -0.25) is 4.90 Å². The van der Waals surface area contributed by atoms with Crippen molar-refractivity contribution in [3.63, 3.8) is 0 Å². The molecule has 7 heteroatoms. The number of ether oxygens (including phenoxy) is 2. The van der Waals surface area contributed by atoms with Crippen LogP contribution in [0.25, 0.3) is 0 Å². The van der Waals surface area contributed by atoms with Gasteiger partial charge in [-0.2, -0.15) is 0 Å². The number of fused-ring (bicyclic) bond motifs is 1. The van der Waals surface area contributed by atoms with Crippen molar-refractivity contribution in [2.24, 2.45) is 0 Å². The number of hydrogen-bond donors (Lipinski definition) is 0. The predicted octanol–water partition coefficient (Wildman–Crippen LogP) is 7.08. The van der Waals surface area contributed by atoms with Crippen molar-refractivity contribution >= 4 is 39.3 Å². The van der Waals surface area contributed by atoms with Gasteiger partial charge in [0.2, 0.25) is 0 Å². The molecule has 0 fully saturated rings. The van der Waals surface area contributed by atoms with Crippen LogP contribution in [0.5, 0.6) is 5.75 Å². The Balaban J connectivity index is 1.79. The minimum Gasteiger partial charge on any atom is -0.495 e. The molecule has 0 radical (unpaired) electrons. The summed E-state index contributed by atoms with van der Waals surface area (Å²) < 4.78 is 26.6. The summed E-state index contributed by atoms with van der Waals surface area (Å²) in [6.45, 7) is 0.0993. The Morgan fingerprint density at radius 2 is 1.90 bits per heavy atom. The summed E-state index contributed by atoms with van der Waals surface area (Å²) >= 11 is 10.0. The minimum absolute atomic E-state index is 0.0993. The first-order valence-electron chi connectivity index (χ1n) is 9.80. The molecule has 1 aliphatic heterocycles. The quantitative estimate of drug-likeness (QED) is 0.381. The van der Waals surface area contributed by atoms with Gasteiger partial charge in [-0.25, -0.2) is 9.18 Å². The third-order valence-corrected chi connectivity index (χ3v) is 6.64. The number of hydrogen-bond acceptors (Lipinski definition) is 3. The molecular formula is C24H20BrClFNO3. The summed E-state index contributed by atoms with van der Waals surface area (Å²) in [6, 6.07) is 17.0. The third-order valence-electron chi connectivity index (χ3n) is 5.36. The molecule has 4 nitrogen and oxygen atoms in total. The van der Waals surface area contributed by atoms with Crippen LogP contribution in [0.3, 0.4) is 0 Å². The highest BCUT2D eigenvalue weighted by molar-refractivity contribution is 9.10. The largest absolute Gasteiger partial charge is 0.495 e. The van der Waals surface area contributed by atoms with E-state index in [4.69, 9.17) is 21.1 Å². The van der Waals surface area contributed by atoms with Crippen LogP contribution in [0.15, 0.2) is 65.1 Å². The molecule has 3 aromatic rings. The molecule has 0 saturated heterocycles. The van der Waals surface area contributed by atoms with Gasteiger partial charge in [0.15, 0.2) is 0 Å². The van der Waals surface area contributed by atoms with Crippen molar-refractivity contribution in [3.05, 3.63) is 92.7 Å². The van der Waals surface area contributed by atoms with E-state index in [1.165, 1.54) is 18.1 Å². The molecule has 0 saturated carbocycles. The fourth-order valence-electron chi connectivity index (χ4n) is 3.90. The molecule has 1 amide bonds. The number of nitrogens with zero attached hydrogens (tertiary/aromatic N) is 1. The molecule has 0 aliphatic carbocycles. The van der Waals surface area contributed by atoms with Gasteiger partial charge in [-0.15, -0.1) is 0 Å². The lowest BCUT2D eigenvalue weighted by Crippen LogP contribution is -2.39. The summed E-state index contributed by atoms with van der Waals surface area (Å²) in [7, 11) is 1.52. The normalized spacial score (nSPS) is 15.4. The van der Waals surface area contributed by atoms with Gasteiger partial charge in [0, 0.05) is 10.0 Å². The lowest BCUT2D eigenvalue weighted by molar-refractivity contribution is 0.143. The number of carbonyl (C=O) groups is 1. The maximum Gasteiger partial charge on any atom is 0.415 e. The molecule has 0 spiro atoms. The van der Waals surface area contributed by atoms with Crippen molar-refractivity contribution < 1.29 is 18.7 Å². The highest BCUT2D eigenvalue weighted by atomic mass is 79.9. The molecule has 1 atom stereocenters. The molecule has 0 N–H and O–H groups in total. The van der Waals surface area contributed by atoms with Crippen molar-refractivity contribution in [1.82, 2.24) is 0 Å². The Morgan fingerprint density at radius 3 is 2.61 bits per heavy atom. The zero-order valence-corrected chi connectivity index (χ0v) is 19.1. The first-order valence-corrected chi connectivity index (χ1v) is 11.0. The van der Waals surface area contributed by atoms with Crippen LogP contribution in [-0.2, 0) is 17.8 Å². The van der Waals surface area contributed by atoms with E-state index in [0.29, 0.717) is 39.3 Å². The highest BCUT2D eigenvalue weighted by Crippen LogP contribution is 2.49. The summed E-state index contributed by atoms with van der Waals surface area (Å²) in [5.74, 6) is 0.0861. The van der Waals surface area contributed by atoms with Gasteiger partial charge >= 0.3 is 6.09 Å². The molecule has 0 aromatic heterocycles. The van der Waals surface area contributed by atoms with Gasteiger partial charge in [0.05, 0.1) is 23.9 Å². The van der Waals surface area contributed by atoms with Crippen LogP contribution < -0.4 is 9.64 Å².